The Labute approximate surface area is 99.5 Å². The van der Waals surface area contributed by atoms with Gasteiger partial charge in [-0.25, -0.2) is 4.79 Å². The van der Waals surface area contributed by atoms with E-state index in [1.54, 1.807) is 20.8 Å². The van der Waals surface area contributed by atoms with Crippen LogP contribution in [-0.4, -0.2) is 47.4 Å². The van der Waals surface area contributed by atoms with Gasteiger partial charge in [0.15, 0.2) is 0 Å². The molecule has 0 bridgehead atoms. The Hall–Kier alpha value is -1.33. The maximum Gasteiger partial charge on any atom is 0.410 e. The highest BCUT2D eigenvalue weighted by Crippen LogP contribution is 2.25. The molecule has 1 fully saturated rings. The molecule has 1 heterocycles. The number of carbonyl (C=O) groups is 2. The van der Waals surface area contributed by atoms with Gasteiger partial charge in [0.2, 0.25) is 0 Å². The third kappa shape index (κ3) is 3.57. The quantitative estimate of drug-likeness (QED) is 0.803. The number of carboxylic acids is 1. The van der Waals surface area contributed by atoms with Crippen LogP contribution in [-0.2, 0) is 9.53 Å². The van der Waals surface area contributed by atoms with Crippen molar-refractivity contribution >= 4 is 12.1 Å². The largest absolute Gasteiger partial charge is 0.481 e. The molecule has 0 aromatic rings. The molecule has 1 rings (SSSR count). The van der Waals surface area contributed by atoms with Gasteiger partial charge in [-0.05, 0) is 20.8 Å². The fraction of sp³-hybridized carbons (Fsp3) is 0.818. The number of hydrogen-bond donors (Lipinski definition) is 1. The molecule has 0 radical (unpaired) electrons. The number of likely N-dealkylation sites (tertiary alicyclic amines) is 1. The van der Waals surface area contributed by atoms with Crippen LogP contribution in [0.4, 0.5) is 9.18 Å². The fourth-order valence-electron chi connectivity index (χ4n) is 1.78. The fourth-order valence-corrected chi connectivity index (χ4v) is 1.78. The molecule has 5 nitrogen and oxygen atoms in total. The van der Waals surface area contributed by atoms with Crippen molar-refractivity contribution in [2.75, 3.05) is 19.8 Å². The maximum absolute atomic E-state index is 12.6. The van der Waals surface area contributed by atoms with Gasteiger partial charge in [0, 0.05) is 19.0 Å². The first-order valence-corrected chi connectivity index (χ1v) is 5.51. The molecule has 2 atom stereocenters. The number of carbonyl (C=O) groups excluding carboxylic acids is 1. The Bertz CT molecular complexity index is 313. The summed E-state index contributed by atoms with van der Waals surface area (Å²) in [6.07, 6.45) is -0.584. The van der Waals surface area contributed by atoms with Crippen LogP contribution in [0.25, 0.3) is 0 Å². The van der Waals surface area contributed by atoms with Crippen molar-refractivity contribution in [3.8, 4) is 0 Å². The van der Waals surface area contributed by atoms with E-state index in [-0.39, 0.29) is 13.1 Å². The molecule has 1 aliphatic heterocycles. The zero-order valence-corrected chi connectivity index (χ0v) is 10.3. The normalized spacial score (nSPS) is 24.8. The second kappa shape index (κ2) is 4.89. The third-order valence-electron chi connectivity index (χ3n) is 2.61. The number of hydrogen-bond acceptors (Lipinski definition) is 3. The SMILES string of the molecule is CC(C)(C)OC(=O)N1C[C@@H](CF)[C@H](C(=O)O)C1. The predicted molar refractivity (Wildman–Crippen MR) is 58.4 cm³/mol. The number of aliphatic carboxylic acids is 1. The summed E-state index contributed by atoms with van der Waals surface area (Å²) in [6.45, 7) is 4.55. The van der Waals surface area contributed by atoms with Crippen LogP contribution in [0.1, 0.15) is 20.8 Å². The summed E-state index contributed by atoms with van der Waals surface area (Å²) in [5.41, 5.74) is -0.635. The third-order valence-corrected chi connectivity index (χ3v) is 2.61. The van der Waals surface area contributed by atoms with Gasteiger partial charge in [0.05, 0.1) is 12.6 Å². The van der Waals surface area contributed by atoms with Crippen LogP contribution in [0.5, 0.6) is 0 Å². The number of rotatable bonds is 2. The van der Waals surface area contributed by atoms with E-state index in [0.717, 1.165) is 0 Å². The minimum absolute atomic E-state index is 0.0127. The van der Waals surface area contributed by atoms with E-state index in [1.807, 2.05) is 0 Å². The number of carboxylic acid groups (broad SMARTS) is 1. The first kappa shape index (κ1) is 13.7. The molecule has 1 N–H and O–H groups in total. The zero-order valence-electron chi connectivity index (χ0n) is 10.3. The van der Waals surface area contributed by atoms with Gasteiger partial charge in [-0.15, -0.1) is 0 Å². The van der Waals surface area contributed by atoms with Gasteiger partial charge in [-0.3, -0.25) is 9.18 Å². The standard InChI is InChI=1S/C11H18FNO4/c1-11(2,3)17-10(16)13-5-7(4-12)8(6-13)9(14)15/h7-8H,4-6H2,1-3H3,(H,14,15)/t7-,8-/m1/s1. The molecule has 0 saturated carbocycles. The molecule has 17 heavy (non-hydrogen) atoms. The van der Waals surface area contributed by atoms with Crippen LogP contribution in [0.15, 0.2) is 0 Å². The Morgan fingerprint density at radius 2 is 2.00 bits per heavy atom. The lowest BCUT2D eigenvalue weighted by atomic mass is 9.98. The van der Waals surface area contributed by atoms with Gasteiger partial charge in [-0.2, -0.15) is 0 Å². The lowest BCUT2D eigenvalue weighted by Crippen LogP contribution is -2.36. The molecule has 1 saturated heterocycles. The number of alkyl halides is 1. The van der Waals surface area contributed by atoms with Crippen molar-refractivity contribution in [3.63, 3.8) is 0 Å². The Balaban J connectivity index is 2.64. The molecular formula is C11H18FNO4. The molecule has 0 aliphatic carbocycles. The van der Waals surface area contributed by atoms with Gasteiger partial charge < -0.3 is 14.7 Å². The van der Waals surface area contributed by atoms with Crippen molar-refractivity contribution < 1.29 is 23.8 Å². The average molecular weight is 247 g/mol. The topological polar surface area (TPSA) is 66.8 Å². The van der Waals surface area contributed by atoms with E-state index < -0.39 is 36.2 Å². The average Bonchev–Trinajstić information content (AvgIpc) is 2.58. The number of ether oxygens (including phenoxy) is 1. The van der Waals surface area contributed by atoms with E-state index in [0.29, 0.717) is 0 Å². The van der Waals surface area contributed by atoms with Crippen molar-refractivity contribution in [2.45, 2.75) is 26.4 Å². The van der Waals surface area contributed by atoms with Gasteiger partial charge in [0.25, 0.3) is 0 Å². The van der Waals surface area contributed by atoms with Gasteiger partial charge >= 0.3 is 12.1 Å². The van der Waals surface area contributed by atoms with Crippen LogP contribution in [0, 0.1) is 11.8 Å². The van der Waals surface area contributed by atoms with Crippen LogP contribution in [0.2, 0.25) is 0 Å². The molecule has 1 amide bonds. The minimum atomic E-state index is -1.07. The van der Waals surface area contributed by atoms with E-state index >= 15 is 0 Å². The van der Waals surface area contributed by atoms with Crippen LogP contribution < -0.4 is 0 Å². The van der Waals surface area contributed by atoms with Crippen LogP contribution >= 0.6 is 0 Å². The monoisotopic (exact) mass is 247 g/mol. The zero-order chi connectivity index (χ0) is 13.2. The summed E-state index contributed by atoms with van der Waals surface area (Å²) >= 11 is 0. The summed E-state index contributed by atoms with van der Waals surface area (Å²) in [5.74, 6) is -2.55. The van der Waals surface area contributed by atoms with Crippen molar-refractivity contribution in [3.05, 3.63) is 0 Å². The van der Waals surface area contributed by atoms with Crippen molar-refractivity contribution in [1.29, 1.82) is 0 Å². The second-order valence-corrected chi connectivity index (χ2v) is 5.24. The highest BCUT2D eigenvalue weighted by molar-refractivity contribution is 5.74. The predicted octanol–water partition coefficient (Wildman–Crippen LogP) is 1.52. The molecule has 98 valence electrons. The molecule has 0 aromatic carbocycles. The summed E-state index contributed by atoms with van der Waals surface area (Å²) < 4.78 is 17.8. The molecule has 0 unspecified atom stereocenters. The minimum Gasteiger partial charge on any atom is -0.481 e. The summed E-state index contributed by atoms with van der Waals surface area (Å²) in [7, 11) is 0. The highest BCUT2D eigenvalue weighted by atomic mass is 19.1. The smallest absolute Gasteiger partial charge is 0.410 e. The summed E-state index contributed by atoms with van der Waals surface area (Å²) in [5, 5.41) is 8.90. The van der Waals surface area contributed by atoms with E-state index in [1.165, 1.54) is 4.90 Å². The lowest BCUT2D eigenvalue weighted by Gasteiger charge is -2.24. The van der Waals surface area contributed by atoms with Gasteiger partial charge in [0.1, 0.15) is 5.60 Å². The van der Waals surface area contributed by atoms with E-state index in [4.69, 9.17) is 9.84 Å². The number of nitrogens with zero attached hydrogens (tertiary/aromatic N) is 1. The second-order valence-electron chi connectivity index (χ2n) is 5.24. The molecule has 1 aliphatic rings. The Kier molecular flexibility index (Phi) is 3.95. The molecule has 0 spiro atoms. The van der Waals surface area contributed by atoms with Crippen molar-refractivity contribution in [1.82, 2.24) is 4.90 Å². The van der Waals surface area contributed by atoms with Crippen molar-refractivity contribution in [2.24, 2.45) is 11.8 Å². The Morgan fingerprint density at radius 3 is 2.35 bits per heavy atom. The molecule has 6 heteroatoms. The first-order chi connectivity index (χ1) is 7.74. The molecular weight excluding hydrogens is 229 g/mol. The molecule has 0 aromatic heterocycles. The van der Waals surface area contributed by atoms with Crippen LogP contribution in [0.3, 0.4) is 0 Å². The summed E-state index contributed by atoms with van der Waals surface area (Å²) in [4.78, 5) is 23.8. The maximum atomic E-state index is 12.6. The lowest BCUT2D eigenvalue weighted by molar-refractivity contribution is -0.142. The van der Waals surface area contributed by atoms with E-state index in [9.17, 15) is 14.0 Å². The van der Waals surface area contributed by atoms with Gasteiger partial charge in [-0.1, -0.05) is 0 Å². The number of halogens is 1. The number of amides is 1. The Morgan fingerprint density at radius 1 is 1.41 bits per heavy atom. The summed E-state index contributed by atoms with van der Waals surface area (Å²) in [6, 6.07) is 0. The highest BCUT2D eigenvalue weighted by Gasteiger charge is 2.40. The van der Waals surface area contributed by atoms with E-state index in [2.05, 4.69) is 0 Å². The first-order valence-electron chi connectivity index (χ1n) is 5.51.